The minimum Gasteiger partial charge on any atom is -0.435 e. The predicted octanol–water partition coefficient (Wildman–Crippen LogP) is 2.50. The van der Waals surface area contributed by atoms with E-state index in [0.717, 1.165) is 11.1 Å². The molecule has 1 aromatic rings. The Balaban J connectivity index is 0.00000169. The highest BCUT2D eigenvalue weighted by atomic mass is 19.3. The van der Waals surface area contributed by atoms with E-state index in [1.165, 1.54) is 12.1 Å². The van der Waals surface area contributed by atoms with Gasteiger partial charge in [-0.15, -0.1) is 0 Å². The van der Waals surface area contributed by atoms with Gasteiger partial charge in [-0.05, 0) is 24.6 Å². The first-order chi connectivity index (χ1) is 6.09. The summed E-state index contributed by atoms with van der Waals surface area (Å²) in [4.78, 5) is 0. The van der Waals surface area contributed by atoms with Gasteiger partial charge in [0.05, 0.1) is 0 Å². The summed E-state index contributed by atoms with van der Waals surface area (Å²) in [6, 6.07) is 6.38. The summed E-state index contributed by atoms with van der Waals surface area (Å²) in [5.74, 6) is 0.167. The van der Waals surface area contributed by atoms with Crippen molar-refractivity contribution in [3.05, 3.63) is 36.4 Å². The molecule has 0 aliphatic rings. The molecule has 0 aromatic heterocycles. The van der Waals surface area contributed by atoms with E-state index in [9.17, 15) is 8.78 Å². The largest absolute Gasteiger partial charge is 0.435 e. The zero-order valence-corrected chi connectivity index (χ0v) is 7.76. The first-order valence-corrected chi connectivity index (χ1v) is 3.80. The van der Waals surface area contributed by atoms with Crippen molar-refractivity contribution in [2.45, 2.75) is 13.5 Å². The molecular weight excluding hydrogens is 190 g/mol. The molecule has 1 aromatic carbocycles. The molecule has 2 N–H and O–H groups in total. The maximum atomic E-state index is 11.7. The molecule has 0 saturated carbocycles. The van der Waals surface area contributed by atoms with E-state index in [0.29, 0.717) is 0 Å². The molecule has 0 amide bonds. The number of rotatable bonds is 3. The smallest absolute Gasteiger partial charge is 0.387 e. The van der Waals surface area contributed by atoms with Gasteiger partial charge < -0.3 is 10.2 Å². The Morgan fingerprint density at radius 2 is 1.79 bits per heavy atom. The predicted molar refractivity (Wildman–Crippen MR) is 51.4 cm³/mol. The third-order valence-corrected chi connectivity index (χ3v) is 1.57. The average Bonchev–Trinajstić information content (AvgIpc) is 2.04. The van der Waals surface area contributed by atoms with Crippen molar-refractivity contribution in [2.75, 3.05) is 0 Å². The Hall–Kier alpha value is -1.42. The van der Waals surface area contributed by atoms with Gasteiger partial charge in [0.25, 0.3) is 0 Å². The van der Waals surface area contributed by atoms with E-state index in [1.54, 1.807) is 12.1 Å². The number of hydrogen-bond acceptors (Lipinski definition) is 1. The second-order valence-electron chi connectivity index (χ2n) is 2.68. The second-order valence-corrected chi connectivity index (χ2v) is 2.68. The Labute approximate surface area is 81.1 Å². The van der Waals surface area contributed by atoms with Crippen LogP contribution in [0.1, 0.15) is 12.5 Å². The summed E-state index contributed by atoms with van der Waals surface area (Å²) in [7, 11) is 0. The lowest BCUT2D eigenvalue weighted by molar-refractivity contribution is -0.0498. The van der Waals surface area contributed by atoms with Gasteiger partial charge in [0.2, 0.25) is 0 Å². The van der Waals surface area contributed by atoms with Crippen molar-refractivity contribution >= 4 is 5.57 Å². The molecule has 2 nitrogen and oxygen atoms in total. The van der Waals surface area contributed by atoms with E-state index in [4.69, 9.17) is 0 Å². The van der Waals surface area contributed by atoms with Gasteiger partial charge >= 0.3 is 6.61 Å². The second kappa shape index (κ2) is 5.34. The highest BCUT2D eigenvalue weighted by Gasteiger charge is 2.03. The fraction of sp³-hybridized carbons (Fsp3) is 0.200. The van der Waals surface area contributed by atoms with Crippen LogP contribution in [0.4, 0.5) is 8.78 Å². The lowest BCUT2D eigenvalue weighted by Crippen LogP contribution is -2.01. The van der Waals surface area contributed by atoms with Crippen LogP contribution in [0.2, 0.25) is 0 Å². The molecule has 0 aliphatic carbocycles. The number of benzene rings is 1. The van der Waals surface area contributed by atoms with E-state index in [1.807, 2.05) is 6.92 Å². The quantitative estimate of drug-likeness (QED) is 0.742. The standard InChI is InChI=1S/C10H10F2O.H2O/c1-7(2)8-3-5-9(6-4-8)13-10(11)12;/h3-6,10H,1H2,2H3;1H2. The normalized spacial score (nSPS) is 9.43. The van der Waals surface area contributed by atoms with E-state index >= 15 is 0 Å². The molecule has 78 valence electrons. The number of hydrogen-bond donors (Lipinski definition) is 0. The molecule has 0 bridgehead atoms. The van der Waals surface area contributed by atoms with Crippen LogP contribution in [0, 0.1) is 0 Å². The highest BCUT2D eigenvalue weighted by Crippen LogP contribution is 2.18. The van der Waals surface area contributed by atoms with Crippen molar-refractivity contribution in [3.63, 3.8) is 0 Å². The SMILES string of the molecule is C=C(C)c1ccc(OC(F)F)cc1.O. The Kier molecular flexibility index (Phi) is 4.80. The van der Waals surface area contributed by atoms with Crippen molar-refractivity contribution in [3.8, 4) is 5.75 Å². The van der Waals surface area contributed by atoms with E-state index in [2.05, 4.69) is 11.3 Å². The van der Waals surface area contributed by atoms with Crippen LogP contribution < -0.4 is 4.74 Å². The summed E-state index contributed by atoms with van der Waals surface area (Å²) < 4.78 is 27.7. The molecule has 0 fully saturated rings. The number of halogens is 2. The van der Waals surface area contributed by atoms with Gasteiger partial charge in [0.15, 0.2) is 0 Å². The van der Waals surface area contributed by atoms with Crippen molar-refractivity contribution < 1.29 is 19.0 Å². The topological polar surface area (TPSA) is 40.7 Å². The highest BCUT2D eigenvalue weighted by molar-refractivity contribution is 5.61. The summed E-state index contributed by atoms with van der Waals surface area (Å²) in [5.41, 5.74) is 1.81. The Bertz CT molecular complexity index is 293. The Morgan fingerprint density at radius 1 is 1.29 bits per heavy atom. The van der Waals surface area contributed by atoms with Crippen molar-refractivity contribution in [1.29, 1.82) is 0 Å². The fourth-order valence-electron chi connectivity index (χ4n) is 0.921. The van der Waals surface area contributed by atoms with Gasteiger partial charge in [-0.25, -0.2) is 0 Å². The van der Waals surface area contributed by atoms with Gasteiger partial charge in [-0.3, -0.25) is 0 Å². The molecule has 0 atom stereocenters. The maximum Gasteiger partial charge on any atom is 0.387 e. The molecule has 0 heterocycles. The third-order valence-electron chi connectivity index (χ3n) is 1.57. The third kappa shape index (κ3) is 3.53. The fourth-order valence-corrected chi connectivity index (χ4v) is 0.921. The minimum atomic E-state index is -2.77. The number of alkyl halides is 2. The van der Waals surface area contributed by atoms with Crippen LogP contribution in [-0.2, 0) is 0 Å². The molecule has 14 heavy (non-hydrogen) atoms. The van der Waals surface area contributed by atoms with Gasteiger partial charge in [-0.2, -0.15) is 8.78 Å². The molecule has 0 spiro atoms. The minimum absolute atomic E-state index is 0. The first kappa shape index (κ1) is 12.6. The molecule has 1 rings (SSSR count). The molecule has 0 aliphatic heterocycles. The molecule has 0 radical (unpaired) electrons. The maximum absolute atomic E-state index is 11.7. The molecular formula is C10H12F2O2. The zero-order valence-electron chi connectivity index (χ0n) is 7.76. The zero-order chi connectivity index (χ0) is 9.84. The van der Waals surface area contributed by atoms with E-state index < -0.39 is 6.61 Å². The lowest BCUT2D eigenvalue weighted by atomic mass is 10.1. The number of ether oxygens (including phenoxy) is 1. The first-order valence-electron chi connectivity index (χ1n) is 3.80. The summed E-state index contributed by atoms with van der Waals surface area (Å²) in [6.07, 6.45) is 0. The van der Waals surface area contributed by atoms with Crippen LogP contribution in [0.5, 0.6) is 5.75 Å². The van der Waals surface area contributed by atoms with Crippen LogP contribution in [0.3, 0.4) is 0 Å². The van der Waals surface area contributed by atoms with Crippen molar-refractivity contribution in [2.24, 2.45) is 0 Å². The van der Waals surface area contributed by atoms with Crippen molar-refractivity contribution in [1.82, 2.24) is 0 Å². The van der Waals surface area contributed by atoms with Crippen LogP contribution in [0.25, 0.3) is 5.57 Å². The van der Waals surface area contributed by atoms with Gasteiger partial charge in [0.1, 0.15) is 5.75 Å². The average molecular weight is 202 g/mol. The monoisotopic (exact) mass is 202 g/mol. The van der Waals surface area contributed by atoms with Crippen LogP contribution in [-0.4, -0.2) is 12.1 Å². The summed E-state index contributed by atoms with van der Waals surface area (Å²) in [5, 5.41) is 0. The van der Waals surface area contributed by atoms with Crippen LogP contribution in [0.15, 0.2) is 30.8 Å². The molecule has 4 heteroatoms. The lowest BCUT2D eigenvalue weighted by Gasteiger charge is -2.04. The molecule has 0 saturated heterocycles. The van der Waals surface area contributed by atoms with E-state index in [-0.39, 0.29) is 11.2 Å². The van der Waals surface area contributed by atoms with Gasteiger partial charge in [0, 0.05) is 0 Å². The summed E-state index contributed by atoms with van der Waals surface area (Å²) >= 11 is 0. The number of allylic oxidation sites excluding steroid dienone is 1. The van der Waals surface area contributed by atoms with Gasteiger partial charge in [-0.1, -0.05) is 24.3 Å². The Morgan fingerprint density at radius 3 is 2.14 bits per heavy atom. The molecule has 0 unspecified atom stereocenters. The summed E-state index contributed by atoms with van der Waals surface area (Å²) in [6.45, 7) is 2.81. The van der Waals surface area contributed by atoms with Crippen LogP contribution >= 0.6 is 0 Å².